The zero-order valence-electron chi connectivity index (χ0n) is 15.4. The quantitative estimate of drug-likeness (QED) is 0.192. The van der Waals surface area contributed by atoms with E-state index < -0.39 is 0 Å². The van der Waals surface area contributed by atoms with Crippen LogP contribution >= 0.6 is 0 Å². The van der Waals surface area contributed by atoms with Gasteiger partial charge in [0.15, 0.2) is 33.5 Å². The van der Waals surface area contributed by atoms with E-state index in [2.05, 4.69) is 0 Å². The van der Waals surface area contributed by atoms with Crippen LogP contribution in [0.15, 0.2) is 100 Å². The molecule has 0 saturated carbocycles. The minimum absolute atomic E-state index is 0.654. The van der Waals surface area contributed by atoms with Gasteiger partial charge in [-0.15, -0.1) is 0 Å². The van der Waals surface area contributed by atoms with Crippen molar-refractivity contribution in [1.82, 2.24) is 0 Å². The van der Waals surface area contributed by atoms with Gasteiger partial charge in [0, 0.05) is 0 Å². The van der Waals surface area contributed by atoms with E-state index in [1.807, 2.05) is 36.4 Å². The summed E-state index contributed by atoms with van der Waals surface area (Å²) < 4.78 is 34.0. The maximum atomic E-state index is 5.67. The van der Waals surface area contributed by atoms with E-state index in [0.29, 0.717) is 33.5 Å². The molecule has 0 amide bonds. The van der Waals surface area contributed by atoms with Crippen LogP contribution in [0.3, 0.4) is 0 Å². The highest BCUT2D eigenvalue weighted by molar-refractivity contribution is 6.29. The summed E-state index contributed by atoms with van der Waals surface area (Å²) in [5, 5.41) is 6.02. The van der Waals surface area contributed by atoms with Gasteiger partial charge >= 0.3 is 0 Å². The molecule has 0 unspecified atom stereocenters. The number of hydrogen-bond donors (Lipinski definition) is 0. The van der Waals surface area contributed by atoms with E-state index in [-0.39, 0.29) is 0 Å². The van der Waals surface area contributed by atoms with Crippen LogP contribution in [-0.4, -0.2) is 0 Å². The second-order valence-electron chi connectivity index (χ2n) is 7.06. The average Bonchev–Trinajstić information content (AvgIpc) is 2.81. The van der Waals surface area contributed by atoms with Crippen LogP contribution in [0.1, 0.15) is 0 Å². The van der Waals surface area contributed by atoms with Crippen LogP contribution in [0.2, 0.25) is 0 Å². The van der Waals surface area contributed by atoms with E-state index in [0.717, 1.165) is 32.3 Å². The minimum Gasteiger partial charge on any atom is -0.458 e. The molecule has 3 aromatic heterocycles. The van der Waals surface area contributed by atoms with Gasteiger partial charge < -0.3 is 26.5 Å². The lowest BCUT2D eigenvalue weighted by atomic mass is 9.93. The van der Waals surface area contributed by atoms with Crippen LogP contribution in [0.25, 0.3) is 65.8 Å². The summed E-state index contributed by atoms with van der Waals surface area (Å²) in [6, 6.07) is 11.9. The van der Waals surface area contributed by atoms with Crippen molar-refractivity contribution in [2.45, 2.75) is 0 Å². The van der Waals surface area contributed by atoms with E-state index in [1.165, 1.54) is 37.6 Å². The molecule has 4 aromatic carbocycles. The van der Waals surface area contributed by atoms with Gasteiger partial charge in [-0.1, -0.05) is 0 Å². The second kappa shape index (κ2) is 5.61. The Hall–Kier alpha value is -4.32. The van der Waals surface area contributed by atoms with Crippen LogP contribution in [0, 0.1) is 0 Å². The van der Waals surface area contributed by atoms with E-state index in [4.69, 9.17) is 26.5 Å². The zero-order chi connectivity index (χ0) is 19.7. The Morgan fingerprint density at radius 1 is 0.267 bits per heavy atom. The summed E-state index contributed by atoms with van der Waals surface area (Å²) in [5.74, 6) is 0. The molecule has 3 heterocycles. The van der Waals surface area contributed by atoms with Gasteiger partial charge in [0.2, 0.25) is 0 Å². The highest BCUT2D eigenvalue weighted by Gasteiger charge is 2.15. The maximum absolute atomic E-state index is 5.67. The van der Waals surface area contributed by atoms with Crippen molar-refractivity contribution < 1.29 is 26.5 Å². The fourth-order valence-corrected chi connectivity index (χ4v) is 4.18. The molecule has 0 fully saturated rings. The van der Waals surface area contributed by atoms with E-state index in [1.54, 1.807) is 0 Å². The molecule has 0 N–H and O–H groups in total. The Kier molecular flexibility index (Phi) is 2.91. The Bertz CT molecular complexity index is 1440. The Balaban J connectivity index is 1.82. The smallest absolute Gasteiger partial charge is 0.169 e. The van der Waals surface area contributed by atoms with Crippen molar-refractivity contribution >= 4 is 65.8 Å². The first kappa shape index (κ1) is 15.6. The predicted molar refractivity (Wildman–Crippen MR) is 112 cm³/mol. The zero-order valence-corrected chi connectivity index (χ0v) is 15.4. The van der Waals surface area contributed by atoms with E-state index >= 15 is 0 Å². The largest absolute Gasteiger partial charge is 0.458 e. The summed E-state index contributed by atoms with van der Waals surface area (Å²) >= 11 is 0. The molecule has 0 atom stereocenters. The summed E-state index contributed by atoms with van der Waals surface area (Å²) in [6.45, 7) is 0. The number of rotatable bonds is 0. The highest BCUT2D eigenvalue weighted by Crippen LogP contribution is 2.40. The molecule has 6 nitrogen and oxygen atoms in total. The van der Waals surface area contributed by atoms with Crippen molar-refractivity contribution in [3.63, 3.8) is 0 Å². The lowest BCUT2D eigenvalue weighted by Crippen LogP contribution is -1.86. The standard InChI is InChI=1S/C24H12O6/c1-2-26-20-8-14-13(7-19(20)25-1)15-9-21-23(29-4-3-27-21)11-17(15)18-12-24-22(10-16(14)18)28-5-6-30-24/h1-12H. The van der Waals surface area contributed by atoms with Crippen molar-refractivity contribution in [2.24, 2.45) is 0 Å². The summed E-state index contributed by atoms with van der Waals surface area (Å²) in [5.41, 5.74) is 3.92. The Labute approximate surface area is 166 Å². The monoisotopic (exact) mass is 396 g/mol. The number of benzene rings is 4. The Morgan fingerprint density at radius 3 is 0.600 bits per heavy atom. The van der Waals surface area contributed by atoms with Gasteiger partial charge in [-0.05, 0) is 68.7 Å². The van der Waals surface area contributed by atoms with Crippen molar-refractivity contribution in [2.75, 3.05) is 0 Å². The maximum Gasteiger partial charge on any atom is 0.169 e. The SMILES string of the molecule is c1coc2cc3c(cc2o1)c1cc2occoc2cc1c1cc2occoc2cc31. The summed E-state index contributed by atoms with van der Waals surface area (Å²) in [7, 11) is 0. The average molecular weight is 396 g/mol. The molecule has 0 aliphatic heterocycles. The molecule has 30 heavy (non-hydrogen) atoms. The summed E-state index contributed by atoms with van der Waals surface area (Å²) in [6.07, 6.45) is 9.14. The molecule has 144 valence electrons. The molecule has 0 aliphatic rings. The molecular weight excluding hydrogens is 384 g/mol. The highest BCUT2D eigenvalue weighted by atomic mass is 16.4. The first-order valence-corrected chi connectivity index (χ1v) is 9.35. The first-order chi connectivity index (χ1) is 14.8. The van der Waals surface area contributed by atoms with Gasteiger partial charge in [-0.25, -0.2) is 0 Å². The third-order valence-corrected chi connectivity index (χ3v) is 5.46. The topological polar surface area (TPSA) is 78.8 Å². The molecule has 0 spiro atoms. The molecule has 0 radical (unpaired) electrons. The second-order valence-corrected chi connectivity index (χ2v) is 7.06. The minimum atomic E-state index is 0.654. The molecule has 0 bridgehead atoms. The predicted octanol–water partition coefficient (Wildman–Crippen LogP) is 7.85. The first-order valence-electron chi connectivity index (χ1n) is 9.35. The van der Waals surface area contributed by atoms with Gasteiger partial charge in [0.25, 0.3) is 0 Å². The molecule has 0 aliphatic carbocycles. The van der Waals surface area contributed by atoms with Crippen LogP contribution < -0.4 is 0 Å². The lowest BCUT2D eigenvalue weighted by Gasteiger charge is -2.12. The molecule has 7 rings (SSSR count). The van der Waals surface area contributed by atoms with Crippen LogP contribution in [-0.2, 0) is 0 Å². The van der Waals surface area contributed by atoms with Crippen molar-refractivity contribution in [1.29, 1.82) is 0 Å². The molecule has 0 saturated heterocycles. The molecular formula is C24H12O6. The number of fused-ring (bicyclic) bond motifs is 9. The summed E-state index contributed by atoms with van der Waals surface area (Å²) in [4.78, 5) is 0. The van der Waals surface area contributed by atoms with Crippen LogP contribution in [0.5, 0.6) is 0 Å². The van der Waals surface area contributed by atoms with Gasteiger partial charge in [0.05, 0.1) is 0 Å². The fourth-order valence-electron chi connectivity index (χ4n) is 4.18. The van der Waals surface area contributed by atoms with Gasteiger partial charge in [0.1, 0.15) is 37.6 Å². The van der Waals surface area contributed by atoms with Crippen LogP contribution in [0.4, 0.5) is 0 Å². The molecule has 6 heteroatoms. The van der Waals surface area contributed by atoms with E-state index in [9.17, 15) is 0 Å². The molecule has 7 aromatic rings. The third-order valence-electron chi connectivity index (χ3n) is 5.46. The van der Waals surface area contributed by atoms with Gasteiger partial charge in [-0.3, -0.25) is 0 Å². The third kappa shape index (κ3) is 2.07. The number of hydrogen-bond acceptors (Lipinski definition) is 6. The Morgan fingerprint density at radius 2 is 0.433 bits per heavy atom. The van der Waals surface area contributed by atoms with Crippen molar-refractivity contribution in [3.05, 3.63) is 74.0 Å². The lowest BCUT2D eigenvalue weighted by molar-refractivity contribution is 0.509. The van der Waals surface area contributed by atoms with Gasteiger partial charge in [-0.2, -0.15) is 0 Å². The van der Waals surface area contributed by atoms with Crippen molar-refractivity contribution in [3.8, 4) is 0 Å². The fraction of sp³-hybridized carbons (Fsp3) is 0. The normalized spacial score (nSPS) is 12.0.